The maximum absolute atomic E-state index is 6.12. The number of halogens is 1. The monoisotopic (exact) mass is 456 g/mol. The van der Waals surface area contributed by atoms with Gasteiger partial charge in [0.05, 0.1) is 5.52 Å². The molecule has 0 unspecified atom stereocenters. The predicted octanol–water partition coefficient (Wildman–Crippen LogP) is 6.60. The molecule has 0 amide bonds. The molecular formula is C28H29ClN4. The SMILES string of the molecule is Clc1ccc2c(NCCN3CCC(N(c4ccccc4)c4ccccc4)CC3)ccnc2c1. The highest BCUT2D eigenvalue weighted by Crippen LogP contribution is 2.32. The van der Waals surface area contributed by atoms with Gasteiger partial charge in [-0.2, -0.15) is 0 Å². The molecule has 168 valence electrons. The van der Waals surface area contributed by atoms with Gasteiger partial charge in [-0.05, 0) is 61.4 Å². The van der Waals surface area contributed by atoms with Crippen LogP contribution in [0.1, 0.15) is 12.8 Å². The lowest BCUT2D eigenvalue weighted by Gasteiger charge is -2.40. The van der Waals surface area contributed by atoms with Crippen LogP contribution in [-0.2, 0) is 0 Å². The second-order valence-corrected chi connectivity index (χ2v) is 9.00. The van der Waals surface area contributed by atoms with Crippen LogP contribution in [0, 0.1) is 0 Å². The molecule has 3 aromatic carbocycles. The number of likely N-dealkylation sites (tertiary alicyclic amines) is 1. The molecule has 1 fully saturated rings. The summed E-state index contributed by atoms with van der Waals surface area (Å²) >= 11 is 6.12. The molecule has 5 heteroatoms. The highest BCUT2D eigenvalue weighted by atomic mass is 35.5. The average Bonchev–Trinajstić information content (AvgIpc) is 2.86. The van der Waals surface area contributed by atoms with E-state index in [1.54, 1.807) is 0 Å². The van der Waals surface area contributed by atoms with E-state index in [4.69, 9.17) is 11.6 Å². The minimum Gasteiger partial charge on any atom is -0.383 e. The van der Waals surface area contributed by atoms with Crippen molar-refractivity contribution < 1.29 is 0 Å². The predicted molar refractivity (Wildman–Crippen MR) is 140 cm³/mol. The van der Waals surface area contributed by atoms with Crippen LogP contribution in [0.5, 0.6) is 0 Å². The van der Waals surface area contributed by atoms with Crippen molar-refractivity contribution in [2.45, 2.75) is 18.9 Å². The van der Waals surface area contributed by atoms with Gasteiger partial charge in [0.15, 0.2) is 0 Å². The maximum atomic E-state index is 6.12. The lowest BCUT2D eigenvalue weighted by molar-refractivity contribution is 0.220. The molecule has 1 aliphatic heterocycles. The molecule has 0 atom stereocenters. The average molecular weight is 457 g/mol. The quantitative estimate of drug-likeness (QED) is 0.339. The number of nitrogens with one attached hydrogen (secondary N) is 1. The Kier molecular flexibility index (Phi) is 6.75. The van der Waals surface area contributed by atoms with Crippen LogP contribution in [0.15, 0.2) is 91.1 Å². The fourth-order valence-corrected chi connectivity index (χ4v) is 4.94. The summed E-state index contributed by atoms with van der Waals surface area (Å²) in [5, 5.41) is 5.44. The molecule has 2 heterocycles. The molecule has 0 radical (unpaired) electrons. The molecule has 1 aromatic heterocycles. The number of benzene rings is 3. The van der Waals surface area contributed by atoms with Crippen molar-refractivity contribution in [2.75, 3.05) is 36.4 Å². The number of nitrogens with zero attached hydrogens (tertiary/aromatic N) is 3. The summed E-state index contributed by atoms with van der Waals surface area (Å²) in [5.74, 6) is 0. The third-order valence-electron chi connectivity index (χ3n) is 6.44. The zero-order valence-corrected chi connectivity index (χ0v) is 19.5. The van der Waals surface area contributed by atoms with Crippen molar-refractivity contribution in [3.8, 4) is 0 Å². The Hall–Kier alpha value is -3.08. The van der Waals surface area contributed by atoms with Gasteiger partial charge in [-0.25, -0.2) is 0 Å². The third kappa shape index (κ3) is 5.13. The summed E-state index contributed by atoms with van der Waals surface area (Å²) in [6.07, 6.45) is 4.15. The number of hydrogen-bond acceptors (Lipinski definition) is 4. The minimum atomic E-state index is 0.507. The smallest absolute Gasteiger partial charge is 0.0737 e. The number of fused-ring (bicyclic) bond motifs is 1. The van der Waals surface area contributed by atoms with Gasteiger partial charge in [-0.15, -0.1) is 0 Å². The Morgan fingerprint density at radius 3 is 2.21 bits per heavy atom. The van der Waals surface area contributed by atoms with Crippen LogP contribution in [-0.4, -0.2) is 42.1 Å². The maximum Gasteiger partial charge on any atom is 0.0737 e. The van der Waals surface area contributed by atoms with Crippen LogP contribution < -0.4 is 10.2 Å². The number of pyridine rings is 1. The molecule has 1 saturated heterocycles. The van der Waals surface area contributed by atoms with Crippen molar-refractivity contribution >= 4 is 39.6 Å². The van der Waals surface area contributed by atoms with E-state index in [2.05, 4.69) is 80.8 Å². The molecule has 33 heavy (non-hydrogen) atoms. The van der Waals surface area contributed by atoms with Gasteiger partial charge in [-0.1, -0.05) is 48.0 Å². The van der Waals surface area contributed by atoms with Gasteiger partial charge < -0.3 is 15.1 Å². The van der Waals surface area contributed by atoms with Gasteiger partial charge in [0.2, 0.25) is 0 Å². The molecule has 0 spiro atoms. The number of rotatable bonds is 7. The zero-order valence-electron chi connectivity index (χ0n) is 18.7. The standard InChI is InChI=1S/C28H29ClN4/c29-22-11-12-26-27(13-16-30-28(26)21-22)31-17-20-32-18-14-25(15-19-32)33(23-7-3-1-4-8-23)24-9-5-2-6-10-24/h1-13,16,21,25H,14-15,17-20H2,(H,30,31). The fraction of sp³-hybridized carbons (Fsp3) is 0.250. The largest absolute Gasteiger partial charge is 0.383 e. The van der Waals surface area contributed by atoms with Crippen molar-refractivity contribution in [3.63, 3.8) is 0 Å². The Morgan fingerprint density at radius 2 is 1.55 bits per heavy atom. The highest BCUT2D eigenvalue weighted by molar-refractivity contribution is 6.31. The Morgan fingerprint density at radius 1 is 0.879 bits per heavy atom. The molecule has 0 bridgehead atoms. The first-order chi connectivity index (χ1) is 16.3. The molecular weight excluding hydrogens is 428 g/mol. The summed E-state index contributed by atoms with van der Waals surface area (Å²) in [6, 6.07) is 30.0. The van der Waals surface area contributed by atoms with E-state index >= 15 is 0 Å². The number of hydrogen-bond donors (Lipinski definition) is 1. The summed E-state index contributed by atoms with van der Waals surface area (Å²) in [5.41, 5.74) is 4.59. The summed E-state index contributed by atoms with van der Waals surface area (Å²) < 4.78 is 0. The number of para-hydroxylation sites is 2. The Bertz CT molecular complexity index is 1130. The minimum absolute atomic E-state index is 0.507. The van der Waals surface area contributed by atoms with Crippen molar-refractivity contribution in [3.05, 3.63) is 96.1 Å². The van der Waals surface area contributed by atoms with E-state index in [0.717, 1.165) is 60.6 Å². The molecule has 0 saturated carbocycles. The van der Waals surface area contributed by atoms with Crippen LogP contribution in [0.3, 0.4) is 0 Å². The van der Waals surface area contributed by atoms with Crippen LogP contribution in [0.4, 0.5) is 17.1 Å². The second kappa shape index (κ2) is 10.2. The van der Waals surface area contributed by atoms with E-state index in [1.165, 1.54) is 11.4 Å². The molecule has 5 rings (SSSR count). The van der Waals surface area contributed by atoms with Crippen molar-refractivity contribution in [2.24, 2.45) is 0 Å². The topological polar surface area (TPSA) is 31.4 Å². The summed E-state index contributed by atoms with van der Waals surface area (Å²) in [7, 11) is 0. The number of anilines is 3. The van der Waals surface area contributed by atoms with E-state index in [1.807, 2.05) is 30.5 Å². The van der Waals surface area contributed by atoms with E-state index < -0.39 is 0 Å². The van der Waals surface area contributed by atoms with Crippen LogP contribution in [0.2, 0.25) is 5.02 Å². The highest BCUT2D eigenvalue weighted by Gasteiger charge is 2.25. The number of piperidine rings is 1. The molecule has 1 N–H and O–H groups in total. The van der Waals surface area contributed by atoms with Crippen molar-refractivity contribution in [1.29, 1.82) is 0 Å². The van der Waals surface area contributed by atoms with Gasteiger partial charge >= 0.3 is 0 Å². The van der Waals surface area contributed by atoms with Gasteiger partial charge in [0.25, 0.3) is 0 Å². The zero-order chi connectivity index (χ0) is 22.5. The lowest BCUT2D eigenvalue weighted by atomic mass is 10.0. The first-order valence-corrected chi connectivity index (χ1v) is 12.1. The number of aromatic nitrogens is 1. The molecule has 4 nitrogen and oxygen atoms in total. The summed E-state index contributed by atoms with van der Waals surface area (Å²) in [6.45, 7) is 4.15. The first kappa shape index (κ1) is 21.7. The third-order valence-corrected chi connectivity index (χ3v) is 6.67. The second-order valence-electron chi connectivity index (χ2n) is 8.56. The fourth-order valence-electron chi connectivity index (χ4n) is 4.77. The normalized spacial score (nSPS) is 14.9. The van der Waals surface area contributed by atoms with E-state index in [-0.39, 0.29) is 0 Å². The van der Waals surface area contributed by atoms with Gasteiger partial charge in [0, 0.05) is 65.9 Å². The van der Waals surface area contributed by atoms with E-state index in [0.29, 0.717) is 6.04 Å². The summed E-state index contributed by atoms with van der Waals surface area (Å²) in [4.78, 5) is 9.52. The van der Waals surface area contributed by atoms with Gasteiger partial charge in [0.1, 0.15) is 0 Å². The Balaban J connectivity index is 1.20. The molecule has 0 aliphatic carbocycles. The van der Waals surface area contributed by atoms with Gasteiger partial charge in [-0.3, -0.25) is 4.98 Å². The Labute approximate surface area is 200 Å². The molecule has 4 aromatic rings. The van der Waals surface area contributed by atoms with Crippen molar-refractivity contribution in [1.82, 2.24) is 9.88 Å². The van der Waals surface area contributed by atoms with E-state index in [9.17, 15) is 0 Å². The molecule has 1 aliphatic rings. The van der Waals surface area contributed by atoms with Crippen LogP contribution >= 0.6 is 11.6 Å². The van der Waals surface area contributed by atoms with Crippen LogP contribution in [0.25, 0.3) is 10.9 Å². The lowest BCUT2D eigenvalue weighted by Crippen LogP contribution is -2.44. The first-order valence-electron chi connectivity index (χ1n) is 11.7.